The number of rotatable bonds is 9. The van der Waals surface area contributed by atoms with E-state index in [2.05, 4.69) is 5.16 Å². The first kappa shape index (κ1) is 25.4. The van der Waals surface area contributed by atoms with Gasteiger partial charge in [-0.1, -0.05) is 5.16 Å². The molecule has 0 spiro atoms. The van der Waals surface area contributed by atoms with Crippen LogP contribution in [0.15, 0.2) is 29.4 Å². The monoisotopic (exact) mass is 484 g/mol. The fourth-order valence-corrected chi connectivity index (χ4v) is 4.95. The van der Waals surface area contributed by atoms with E-state index in [9.17, 15) is 5.11 Å². The quantitative estimate of drug-likeness (QED) is 0.298. The van der Waals surface area contributed by atoms with Gasteiger partial charge in [-0.05, 0) is 139 Å². The molecular weight excluding hydrogens is 439 g/mol. The Balaban J connectivity index is 2.60. The zero-order chi connectivity index (χ0) is 28.5. The van der Waals surface area contributed by atoms with E-state index in [0.29, 0.717) is 11.3 Å². The van der Waals surface area contributed by atoms with Gasteiger partial charge >= 0.3 is 0 Å². The predicted octanol–water partition coefficient (Wildman–Crippen LogP) is 7.40. The molecule has 0 fully saturated rings. The molecule has 0 saturated heterocycles. The normalized spacial score (nSPS) is 15.2. The molecule has 0 aliphatic carbocycles. The van der Waals surface area contributed by atoms with Crippen molar-refractivity contribution in [2.75, 3.05) is 6.61 Å². The number of halogens is 1. The van der Waals surface area contributed by atoms with Crippen LogP contribution in [0.3, 0.4) is 0 Å². The van der Waals surface area contributed by atoms with Crippen LogP contribution < -0.4 is 0 Å². The number of hydrogen-bond donors (Lipinski definition) is 1. The maximum Gasteiger partial charge on any atom is 0.133 e. The molecule has 192 valence electrons. The Labute approximate surface area is 214 Å². The number of phenols is 1. The zero-order valence-corrected chi connectivity index (χ0v) is 23.2. The molecule has 1 N–H and O–H groups in total. The van der Waals surface area contributed by atoms with Gasteiger partial charge in [-0.15, -0.1) is 0 Å². The number of nitrogens with zero attached hydrogens (tertiary/aromatic N) is 2. The Kier molecular flexibility index (Phi) is 8.61. The fourth-order valence-electron chi connectivity index (χ4n) is 4.95. The SMILES string of the molecule is [2H]C(C)(C)N(C(C)CO/N=C(/C=C(\C)c1c(C)cc(O)cc1C)c1c(F)cc(C)c(C)c1C)C([2H])(C)C. The smallest absolute Gasteiger partial charge is 0.133 e. The average Bonchev–Trinajstić information content (AvgIpc) is 2.68. The molecule has 2 rings (SSSR count). The minimum atomic E-state index is -0.998. The van der Waals surface area contributed by atoms with E-state index >= 15 is 4.39 Å². The molecule has 2 aromatic rings. The van der Waals surface area contributed by atoms with Gasteiger partial charge in [0.25, 0.3) is 0 Å². The second-order valence-electron chi connectivity index (χ2n) is 9.97. The Morgan fingerprint density at radius 3 is 2.03 bits per heavy atom. The Bertz CT molecular complexity index is 1170. The van der Waals surface area contributed by atoms with Crippen molar-refractivity contribution >= 4 is 11.3 Å². The minimum absolute atomic E-state index is 0.129. The van der Waals surface area contributed by atoms with Gasteiger partial charge in [0.2, 0.25) is 0 Å². The average molecular weight is 485 g/mol. The van der Waals surface area contributed by atoms with Gasteiger partial charge in [0.15, 0.2) is 0 Å². The summed E-state index contributed by atoms with van der Waals surface area (Å²) in [7, 11) is 0. The third-order valence-corrected chi connectivity index (χ3v) is 6.52. The second-order valence-corrected chi connectivity index (χ2v) is 9.97. The lowest BCUT2D eigenvalue weighted by Gasteiger charge is -2.35. The molecule has 1 atom stereocenters. The van der Waals surface area contributed by atoms with Gasteiger partial charge in [-0.2, -0.15) is 0 Å². The molecular formula is C30H43FN2O2. The van der Waals surface area contributed by atoms with Crippen LogP contribution in [-0.2, 0) is 4.84 Å². The Morgan fingerprint density at radius 2 is 1.51 bits per heavy atom. The number of aromatic hydroxyl groups is 1. The van der Waals surface area contributed by atoms with Crippen molar-refractivity contribution in [3.05, 3.63) is 69.0 Å². The zero-order valence-electron chi connectivity index (χ0n) is 25.2. The lowest BCUT2D eigenvalue weighted by atomic mass is 9.91. The van der Waals surface area contributed by atoms with Crippen molar-refractivity contribution in [3.8, 4) is 5.75 Å². The summed E-state index contributed by atoms with van der Waals surface area (Å²) in [5, 5.41) is 14.4. The molecule has 0 bridgehead atoms. The van der Waals surface area contributed by atoms with Crippen molar-refractivity contribution in [3.63, 3.8) is 0 Å². The summed E-state index contributed by atoms with van der Waals surface area (Å²) in [6, 6.07) is 2.64. The van der Waals surface area contributed by atoms with E-state index in [-0.39, 0.29) is 24.2 Å². The maximum absolute atomic E-state index is 15.4. The van der Waals surface area contributed by atoms with Crippen molar-refractivity contribution in [1.29, 1.82) is 0 Å². The molecule has 0 aliphatic heterocycles. The van der Waals surface area contributed by atoms with Crippen molar-refractivity contribution < 1.29 is 17.1 Å². The van der Waals surface area contributed by atoms with Crippen LogP contribution in [0.4, 0.5) is 4.39 Å². The first-order chi connectivity index (χ1) is 16.9. The summed E-state index contributed by atoms with van der Waals surface area (Å²) in [5.41, 5.74) is 7.01. The van der Waals surface area contributed by atoms with E-state index in [1.54, 1.807) is 44.7 Å². The third-order valence-electron chi connectivity index (χ3n) is 6.52. The molecule has 5 heteroatoms. The van der Waals surface area contributed by atoms with Crippen molar-refractivity contribution in [2.45, 2.75) is 94.2 Å². The largest absolute Gasteiger partial charge is 0.508 e. The number of allylic oxidation sites excluding steroid dienone is 2. The van der Waals surface area contributed by atoms with Gasteiger partial charge in [0, 0.05) is 26.4 Å². The van der Waals surface area contributed by atoms with E-state index in [4.69, 9.17) is 7.58 Å². The highest BCUT2D eigenvalue weighted by molar-refractivity contribution is 6.13. The van der Waals surface area contributed by atoms with E-state index in [1.807, 2.05) is 54.5 Å². The summed E-state index contributed by atoms with van der Waals surface area (Å²) in [5.74, 6) is -0.173. The summed E-state index contributed by atoms with van der Waals surface area (Å²) in [6.45, 7) is 20.5. The van der Waals surface area contributed by atoms with Crippen LogP contribution in [0, 0.1) is 40.4 Å². The molecule has 0 amide bonds. The number of phenolic OH excluding ortho intramolecular Hbond substituents is 1. The molecule has 1 unspecified atom stereocenters. The summed E-state index contributed by atoms with van der Waals surface area (Å²) in [4.78, 5) is 7.56. The van der Waals surface area contributed by atoms with Crippen LogP contribution in [0.2, 0.25) is 0 Å². The molecule has 0 aliphatic rings. The van der Waals surface area contributed by atoms with Crippen LogP contribution in [0.5, 0.6) is 5.75 Å². The molecule has 0 saturated carbocycles. The topological polar surface area (TPSA) is 45.1 Å². The first-order valence-electron chi connectivity index (χ1n) is 13.1. The minimum Gasteiger partial charge on any atom is -0.508 e. The maximum atomic E-state index is 15.4. The molecule has 0 heterocycles. The van der Waals surface area contributed by atoms with E-state index in [1.165, 1.54) is 6.07 Å². The van der Waals surface area contributed by atoms with Gasteiger partial charge in [0.05, 0.1) is 0 Å². The highest BCUT2D eigenvalue weighted by atomic mass is 19.1. The van der Waals surface area contributed by atoms with E-state index in [0.717, 1.165) is 39.0 Å². The van der Waals surface area contributed by atoms with Crippen molar-refractivity contribution in [2.24, 2.45) is 5.16 Å². The summed E-state index contributed by atoms with van der Waals surface area (Å²) in [6.07, 6.45) is 1.82. The number of aryl methyl sites for hydroxylation is 3. The third kappa shape index (κ3) is 6.72. The first-order valence-corrected chi connectivity index (χ1v) is 12.1. The van der Waals surface area contributed by atoms with E-state index < -0.39 is 12.0 Å². The molecule has 0 radical (unpaired) electrons. The highest BCUT2D eigenvalue weighted by Crippen LogP contribution is 2.29. The highest BCUT2D eigenvalue weighted by Gasteiger charge is 2.21. The van der Waals surface area contributed by atoms with Crippen LogP contribution in [0.1, 0.15) is 83.2 Å². The number of oxime groups is 1. The summed E-state index contributed by atoms with van der Waals surface area (Å²) < 4.78 is 32.4. The van der Waals surface area contributed by atoms with Gasteiger partial charge < -0.3 is 9.94 Å². The van der Waals surface area contributed by atoms with Crippen molar-refractivity contribution in [1.82, 2.24) is 4.90 Å². The van der Waals surface area contributed by atoms with Crippen LogP contribution in [0.25, 0.3) is 5.57 Å². The predicted molar refractivity (Wildman–Crippen MR) is 146 cm³/mol. The Hall–Kier alpha value is -2.66. The van der Waals surface area contributed by atoms with Crippen LogP contribution in [-0.4, -0.2) is 40.4 Å². The number of hydrogen-bond acceptors (Lipinski definition) is 4. The molecule has 4 nitrogen and oxygen atoms in total. The molecule has 35 heavy (non-hydrogen) atoms. The Morgan fingerprint density at radius 1 is 0.971 bits per heavy atom. The fraction of sp³-hybridized carbons (Fsp3) is 0.500. The standard InChI is InChI=1S/C30H43FN2O2/c1-17(2)33(18(3)4)23(9)16-35-32-28(30-25(11)24(10)19(5)14-27(30)31)15-22(8)29-20(6)12-26(34)13-21(29)7/h12-15,17-18,23,34H,16H2,1-11H3/b22-15+,32-28-/i17D,18D. The van der Waals surface area contributed by atoms with Gasteiger partial charge in [-0.25, -0.2) is 4.39 Å². The molecule has 2 aromatic carbocycles. The lowest BCUT2D eigenvalue weighted by molar-refractivity contribution is 0.0386. The van der Waals surface area contributed by atoms with Gasteiger partial charge in [0.1, 0.15) is 23.9 Å². The summed E-state index contributed by atoms with van der Waals surface area (Å²) >= 11 is 0. The van der Waals surface area contributed by atoms with Crippen LogP contribution >= 0.6 is 0 Å². The van der Waals surface area contributed by atoms with Gasteiger partial charge in [-0.3, -0.25) is 4.90 Å². The number of benzene rings is 2. The second kappa shape index (κ2) is 11.9. The lowest BCUT2D eigenvalue weighted by Crippen LogP contribution is -2.45. The molecule has 0 aromatic heterocycles.